The van der Waals surface area contributed by atoms with Crippen LogP contribution in [0.5, 0.6) is 0 Å². The first-order valence-corrected chi connectivity index (χ1v) is 7.15. The lowest BCUT2D eigenvalue weighted by atomic mass is 10.3. The van der Waals surface area contributed by atoms with Gasteiger partial charge in [-0.05, 0) is 6.92 Å². The number of imide groups is 1. The summed E-state index contributed by atoms with van der Waals surface area (Å²) >= 11 is 2.42. The number of rotatable bonds is 3. The van der Waals surface area contributed by atoms with E-state index in [2.05, 4.69) is 4.98 Å². The predicted molar refractivity (Wildman–Crippen MR) is 66.7 cm³/mol. The van der Waals surface area contributed by atoms with Crippen molar-refractivity contribution in [1.82, 2.24) is 9.88 Å². The van der Waals surface area contributed by atoms with E-state index in [1.165, 1.54) is 22.0 Å². The molecule has 1 aromatic heterocycles. The summed E-state index contributed by atoms with van der Waals surface area (Å²) in [6.45, 7) is 1.68. The first-order chi connectivity index (χ1) is 8.50. The third-order valence-electron chi connectivity index (χ3n) is 2.47. The van der Waals surface area contributed by atoms with Crippen molar-refractivity contribution in [2.24, 2.45) is 0 Å². The van der Waals surface area contributed by atoms with Gasteiger partial charge in [0.15, 0.2) is 5.69 Å². The number of carboxylic acids is 1. The number of aromatic carboxylic acids is 1. The number of amides is 2. The number of nitrogens with zero attached hydrogens (tertiary/aromatic N) is 2. The van der Waals surface area contributed by atoms with Gasteiger partial charge in [-0.15, -0.1) is 23.1 Å². The minimum atomic E-state index is -1.11. The Bertz CT molecular complexity index is 498. The first kappa shape index (κ1) is 13.0. The number of hydrogen-bond donors (Lipinski definition) is 1. The minimum absolute atomic E-state index is 0.0619. The van der Waals surface area contributed by atoms with E-state index in [1.807, 2.05) is 0 Å². The fourth-order valence-electron chi connectivity index (χ4n) is 1.62. The summed E-state index contributed by atoms with van der Waals surface area (Å²) in [5, 5.41) is 10.7. The maximum absolute atomic E-state index is 11.7. The summed E-state index contributed by atoms with van der Waals surface area (Å²) in [7, 11) is 0. The van der Waals surface area contributed by atoms with Gasteiger partial charge in [-0.1, -0.05) is 0 Å². The van der Waals surface area contributed by atoms with Gasteiger partial charge in [0, 0.05) is 5.38 Å². The highest BCUT2D eigenvalue weighted by molar-refractivity contribution is 8.00. The molecular formula is C10H10N2O4S2. The van der Waals surface area contributed by atoms with Crippen LogP contribution in [0.15, 0.2) is 5.38 Å². The maximum atomic E-state index is 11.7. The quantitative estimate of drug-likeness (QED) is 0.834. The molecule has 1 aromatic rings. The van der Waals surface area contributed by atoms with Crippen LogP contribution in [0.4, 0.5) is 0 Å². The van der Waals surface area contributed by atoms with E-state index in [0.717, 1.165) is 11.3 Å². The van der Waals surface area contributed by atoms with Crippen LogP contribution in [-0.2, 0) is 9.59 Å². The molecule has 18 heavy (non-hydrogen) atoms. The molecule has 6 nitrogen and oxygen atoms in total. The van der Waals surface area contributed by atoms with E-state index >= 15 is 0 Å². The van der Waals surface area contributed by atoms with Gasteiger partial charge < -0.3 is 5.11 Å². The third-order valence-corrected chi connectivity index (χ3v) is 4.39. The molecule has 0 aliphatic carbocycles. The lowest BCUT2D eigenvalue weighted by Gasteiger charge is -2.29. The SMILES string of the molecule is CC(c1nc(C(=O)O)cs1)N1C(=O)CSCC1=O. The predicted octanol–water partition coefficient (Wildman–Crippen LogP) is 1.00. The molecule has 1 unspecified atom stereocenters. The Morgan fingerprint density at radius 3 is 2.56 bits per heavy atom. The zero-order chi connectivity index (χ0) is 13.3. The van der Waals surface area contributed by atoms with Crippen LogP contribution >= 0.6 is 23.1 Å². The van der Waals surface area contributed by atoms with E-state index < -0.39 is 12.0 Å². The second-order valence-corrected chi connectivity index (χ2v) is 5.58. The molecule has 1 fully saturated rings. The van der Waals surface area contributed by atoms with Gasteiger partial charge in [0.1, 0.15) is 5.01 Å². The van der Waals surface area contributed by atoms with Gasteiger partial charge >= 0.3 is 5.97 Å². The smallest absolute Gasteiger partial charge is 0.355 e. The molecule has 2 amide bonds. The average Bonchev–Trinajstić information content (AvgIpc) is 2.77. The molecule has 96 valence electrons. The monoisotopic (exact) mass is 286 g/mol. The van der Waals surface area contributed by atoms with Crippen LogP contribution < -0.4 is 0 Å². The Labute approximate surface area is 111 Å². The van der Waals surface area contributed by atoms with Gasteiger partial charge in [0.25, 0.3) is 0 Å². The van der Waals surface area contributed by atoms with Gasteiger partial charge in [-0.3, -0.25) is 14.5 Å². The lowest BCUT2D eigenvalue weighted by molar-refractivity contribution is -0.144. The summed E-state index contributed by atoms with van der Waals surface area (Å²) in [4.78, 5) is 39.2. The molecule has 1 saturated heterocycles. The molecule has 2 heterocycles. The van der Waals surface area contributed by atoms with E-state index in [1.54, 1.807) is 6.92 Å². The van der Waals surface area contributed by atoms with Gasteiger partial charge in [-0.2, -0.15) is 0 Å². The van der Waals surface area contributed by atoms with Crippen molar-refractivity contribution in [2.45, 2.75) is 13.0 Å². The van der Waals surface area contributed by atoms with Crippen LogP contribution in [0.2, 0.25) is 0 Å². The number of carboxylic acid groups (broad SMARTS) is 1. The van der Waals surface area contributed by atoms with Crippen LogP contribution in [0.1, 0.15) is 28.5 Å². The molecule has 1 atom stereocenters. The molecule has 1 aliphatic heterocycles. The average molecular weight is 286 g/mol. The second-order valence-electron chi connectivity index (χ2n) is 3.70. The van der Waals surface area contributed by atoms with Crippen LogP contribution in [-0.4, -0.2) is 44.3 Å². The molecule has 1 aliphatic rings. The van der Waals surface area contributed by atoms with Crippen molar-refractivity contribution in [1.29, 1.82) is 0 Å². The fourth-order valence-corrected chi connectivity index (χ4v) is 3.19. The zero-order valence-corrected chi connectivity index (χ0v) is 11.1. The molecule has 0 saturated carbocycles. The summed E-state index contributed by atoms with van der Waals surface area (Å²) in [5.74, 6) is -1.08. The van der Waals surface area contributed by atoms with Crippen molar-refractivity contribution in [3.8, 4) is 0 Å². The number of carbonyl (C=O) groups is 3. The summed E-state index contributed by atoms with van der Waals surface area (Å²) in [6, 6.07) is -0.510. The van der Waals surface area contributed by atoms with Gasteiger partial charge in [0.05, 0.1) is 17.5 Å². The van der Waals surface area contributed by atoms with E-state index in [4.69, 9.17) is 5.11 Å². The highest BCUT2D eigenvalue weighted by atomic mass is 32.2. The Balaban J connectivity index is 2.23. The molecular weight excluding hydrogens is 276 g/mol. The number of thiazole rings is 1. The number of carbonyl (C=O) groups excluding carboxylic acids is 2. The largest absolute Gasteiger partial charge is 0.476 e. The summed E-state index contributed by atoms with van der Waals surface area (Å²) in [6.07, 6.45) is 0. The fraction of sp³-hybridized carbons (Fsp3) is 0.400. The second kappa shape index (κ2) is 5.07. The Morgan fingerprint density at radius 2 is 2.06 bits per heavy atom. The van der Waals surface area contributed by atoms with Crippen molar-refractivity contribution in [3.05, 3.63) is 16.1 Å². The Hall–Kier alpha value is -1.41. The van der Waals surface area contributed by atoms with Crippen molar-refractivity contribution in [3.63, 3.8) is 0 Å². The molecule has 0 radical (unpaired) electrons. The zero-order valence-electron chi connectivity index (χ0n) is 9.45. The highest BCUT2D eigenvalue weighted by Crippen LogP contribution is 2.27. The number of thioether (sulfide) groups is 1. The van der Waals surface area contributed by atoms with E-state index in [-0.39, 0.29) is 29.0 Å². The number of aromatic nitrogens is 1. The molecule has 1 N–H and O–H groups in total. The van der Waals surface area contributed by atoms with Crippen LogP contribution in [0.25, 0.3) is 0 Å². The van der Waals surface area contributed by atoms with Crippen LogP contribution in [0, 0.1) is 0 Å². The van der Waals surface area contributed by atoms with E-state index in [0.29, 0.717) is 5.01 Å². The van der Waals surface area contributed by atoms with Crippen molar-refractivity contribution >= 4 is 40.9 Å². The topological polar surface area (TPSA) is 87.6 Å². The van der Waals surface area contributed by atoms with Gasteiger partial charge in [0.2, 0.25) is 11.8 Å². The molecule has 0 spiro atoms. The van der Waals surface area contributed by atoms with E-state index in [9.17, 15) is 14.4 Å². The van der Waals surface area contributed by atoms with Crippen molar-refractivity contribution in [2.75, 3.05) is 11.5 Å². The lowest BCUT2D eigenvalue weighted by Crippen LogP contribution is -2.44. The Kier molecular flexibility index (Phi) is 3.67. The standard InChI is InChI=1S/C10H10N2O4S2/c1-5(9-11-6(2-18-9)10(15)16)12-7(13)3-17-4-8(12)14/h2,5H,3-4H2,1H3,(H,15,16). The molecule has 8 heteroatoms. The normalized spacial score (nSPS) is 17.9. The minimum Gasteiger partial charge on any atom is -0.476 e. The first-order valence-electron chi connectivity index (χ1n) is 5.12. The maximum Gasteiger partial charge on any atom is 0.355 e. The Morgan fingerprint density at radius 1 is 1.44 bits per heavy atom. The van der Waals surface area contributed by atoms with Crippen LogP contribution in [0.3, 0.4) is 0 Å². The molecule has 0 bridgehead atoms. The summed E-state index contributed by atoms with van der Waals surface area (Å²) in [5.41, 5.74) is -0.0619. The third kappa shape index (κ3) is 2.39. The highest BCUT2D eigenvalue weighted by Gasteiger charge is 2.32. The van der Waals surface area contributed by atoms with Gasteiger partial charge in [-0.25, -0.2) is 9.78 Å². The summed E-state index contributed by atoms with van der Waals surface area (Å²) < 4.78 is 0. The molecule has 0 aromatic carbocycles. The van der Waals surface area contributed by atoms with Crippen molar-refractivity contribution < 1.29 is 19.5 Å². The number of hydrogen-bond acceptors (Lipinski definition) is 6. The molecule has 2 rings (SSSR count).